The Bertz CT molecular complexity index is 1290. The van der Waals surface area contributed by atoms with Crippen LogP contribution in [0.3, 0.4) is 0 Å². The second kappa shape index (κ2) is 11.7. The van der Waals surface area contributed by atoms with Gasteiger partial charge < -0.3 is 20.1 Å². The minimum atomic E-state index is -0.562. The minimum absolute atomic E-state index is 0.115. The van der Waals surface area contributed by atoms with Crippen molar-refractivity contribution in [1.82, 2.24) is 4.90 Å². The third-order valence-electron chi connectivity index (χ3n) is 8.53. The van der Waals surface area contributed by atoms with Gasteiger partial charge in [0, 0.05) is 36.6 Å². The molecule has 9 heteroatoms. The highest BCUT2D eigenvalue weighted by Crippen LogP contribution is 2.60. The fourth-order valence-corrected chi connectivity index (χ4v) is 5.81. The molecule has 1 saturated heterocycles. The van der Waals surface area contributed by atoms with E-state index in [9.17, 15) is 19.2 Å². The summed E-state index contributed by atoms with van der Waals surface area (Å²) >= 11 is 0. The molecule has 214 valence electrons. The van der Waals surface area contributed by atoms with E-state index in [0.29, 0.717) is 54.5 Å². The molecule has 0 aromatic heterocycles. The Morgan fingerprint density at radius 3 is 2.15 bits per heavy atom. The highest BCUT2D eigenvalue weighted by molar-refractivity contribution is 6.06. The summed E-state index contributed by atoms with van der Waals surface area (Å²) in [6.07, 6.45) is 1.88. The Morgan fingerprint density at radius 1 is 0.950 bits per heavy atom. The fraction of sp³-hybridized carbons (Fsp3) is 0.484. The predicted octanol–water partition coefficient (Wildman–Crippen LogP) is 5.27. The SMILES string of the molecule is CCOc1cc(NC(=O)c2ccccc2)c(OCC)cc1NC(=O)CCCN1C(=O)C2CCC(C)(C1=O)C2(C)C. The highest BCUT2D eigenvalue weighted by atomic mass is 16.5. The van der Waals surface area contributed by atoms with E-state index >= 15 is 0 Å². The van der Waals surface area contributed by atoms with E-state index < -0.39 is 5.41 Å². The molecule has 40 heavy (non-hydrogen) atoms. The van der Waals surface area contributed by atoms with E-state index in [1.54, 1.807) is 36.4 Å². The smallest absolute Gasteiger partial charge is 0.255 e. The molecule has 9 nitrogen and oxygen atoms in total. The first-order valence-electron chi connectivity index (χ1n) is 14.0. The number of ether oxygens (including phenoxy) is 2. The number of carbonyl (C=O) groups is 4. The Kier molecular flexibility index (Phi) is 8.51. The summed E-state index contributed by atoms with van der Waals surface area (Å²) in [7, 11) is 0. The molecule has 0 spiro atoms. The number of benzene rings is 2. The molecule has 2 atom stereocenters. The zero-order valence-electron chi connectivity index (χ0n) is 24.0. The van der Waals surface area contributed by atoms with Crippen molar-refractivity contribution in [2.75, 3.05) is 30.4 Å². The molecule has 4 amide bonds. The van der Waals surface area contributed by atoms with E-state index in [0.717, 1.165) is 6.42 Å². The van der Waals surface area contributed by atoms with Crippen molar-refractivity contribution in [2.24, 2.45) is 16.7 Å². The van der Waals surface area contributed by atoms with Gasteiger partial charge in [0.25, 0.3) is 5.91 Å². The van der Waals surface area contributed by atoms with Crippen LogP contribution >= 0.6 is 0 Å². The number of carbonyl (C=O) groups excluding carboxylic acids is 4. The molecular weight excluding hydrogens is 510 g/mol. The molecule has 4 rings (SSSR count). The van der Waals surface area contributed by atoms with Crippen LogP contribution in [-0.2, 0) is 14.4 Å². The molecule has 1 heterocycles. The van der Waals surface area contributed by atoms with E-state index in [1.165, 1.54) is 4.90 Å². The number of nitrogens with one attached hydrogen (secondary N) is 2. The summed E-state index contributed by atoms with van der Waals surface area (Å²) in [5.74, 6) is -0.236. The van der Waals surface area contributed by atoms with Crippen molar-refractivity contribution in [2.45, 2.75) is 60.3 Å². The van der Waals surface area contributed by atoms with Crippen LogP contribution in [0.25, 0.3) is 0 Å². The second-order valence-corrected chi connectivity index (χ2v) is 11.1. The van der Waals surface area contributed by atoms with Crippen molar-refractivity contribution in [3.63, 3.8) is 0 Å². The van der Waals surface area contributed by atoms with Gasteiger partial charge in [-0.1, -0.05) is 39.0 Å². The lowest BCUT2D eigenvalue weighted by atomic mass is 9.62. The van der Waals surface area contributed by atoms with Crippen LogP contribution in [0.5, 0.6) is 11.5 Å². The van der Waals surface area contributed by atoms with Crippen molar-refractivity contribution in [1.29, 1.82) is 0 Å². The summed E-state index contributed by atoms with van der Waals surface area (Å²) in [5.41, 5.74) is 0.399. The summed E-state index contributed by atoms with van der Waals surface area (Å²) in [6.45, 7) is 10.5. The Balaban J connectivity index is 1.44. The lowest BCUT2D eigenvalue weighted by molar-refractivity contribution is -0.168. The third kappa shape index (κ3) is 5.42. The Morgan fingerprint density at radius 2 is 1.55 bits per heavy atom. The summed E-state index contributed by atoms with van der Waals surface area (Å²) < 4.78 is 11.5. The maximum Gasteiger partial charge on any atom is 0.255 e. The van der Waals surface area contributed by atoms with Gasteiger partial charge in [-0.05, 0) is 50.7 Å². The number of hydrogen-bond donors (Lipinski definition) is 2. The first-order chi connectivity index (χ1) is 19.0. The molecule has 2 aromatic rings. The summed E-state index contributed by atoms with van der Waals surface area (Å²) in [6, 6.07) is 12.1. The van der Waals surface area contributed by atoms with Crippen molar-refractivity contribution in [3.05, 3.63) is 48.0 Å². The highest BCUT2D eigenvalue weighted by Gasteiger charge is 2.64. The quantitative estimate of drug-likeness (QED) is 0.369. The average molecular weight is 550 g/mol. The number of anilines is 2. The largest absolute Gasteiger partial charge is 0.492 e. The van der Waals surface area contributed by atoms with E-state index in [1.807, 2.05) is 40.7 Å². The molecule has 1 saturated carbocycles. The molecule has 2 bridgehead atoms. The van der Waals surface area contributed by atoms with Crippen molar-refractivity contribution >= 4 is 35.0 Å². The van der Waals surface area contributed by atoms with Gasteiger partial charge in [0.1, 0.15) is 11.5 Å². The number of imide groups is 1. The maximum absolute atomic E-state index is 13.3. The third-order valence-corrected chi connectivity index (χ3v) is 8.53. The molecular formula is C31H39N3O6. The van der Waals surface area contributed by atoms with Crippen LogP contribution in [0.4, 0.5) is 11.4 Å². The van der Waals surface area contributed by atoms with Crippen LogP contribution in [-0.4, -0.2) is 48.3 Å². The van der Waals surface area contributed by atoms with Crippen molar-refractivity contribution in [3.8, 4) is 11.5 Å². The number of hydrogen-bond acceptors (Lipinski definition) is 6. The van der Waals surface area contributed by atoms with E-state index in [-0.39, 0.29) is 47.9 Å². The molecule has 2 fully saturated rings. The van der Waals surface area contributed by atoms with Crippen LogP contribution < -0.4 is 20.1 Å². The summed E-state index contributed by atoms with van der Waals surface area (Å²) in [4.78, 5) is 53.4. The Labute approximate surface area is 235 Å². The van der Waals surface area contributed by atoms with E-state index in [4.69, 9.17) is 9.47 Å². The maximum atomic E-state index is 13.3. The molecule has 2 unspecified atom stereocenters. The first kappa shape index (κ1) is 29.1. The second-order valence-electron chi connectivity index (χ2n) is 11.1. The van der Waals surface area contributed by atoms with E-state index in [2.05, 4.69) is 10.6 Å². The number of piperidine rings is 1. The standard InChI is InChI=1S/C31H39N3O6/c1-6-39-24-19-23(33-27(36)20-12-9-8-10-13-20)25(40-7-2)18-22(24)32-26(35)14-11-17-34-28(37)21-15-16-31(5,29(34)38)30(21,3)4/h8-10,12-13,18-19,21H,6-7,11,14-17H2,1-5H3,(H,32,35)(H,33,36). The van der Waals surface area contributed by atoms with Gasteiger partial charge in [-0.2, -0.15) is 0 Å². The fourth-order valence-electron chi connectivity index (χ4n) is 5.81. The summed E-state index contributed by atoms with van der Waals surface area (Å²) in [5, 5.41) is 5.74. The average Bonchev–Trinajstić information content (AvgIpc) is 3.11. The number of rotatable bonds is 11. The van der Waals surface area contributed by atoms with Gasteiger partial charge in [0.15, 0.2) is 0 Å². The first-order valence-corrected chi connectivity index (χ1v) is 14.0. The number of fused-ring (bicyclic) bond motifs is 2. The molecule has 2 aliphatic rings. The Hall–Kier alpha value is -3.88. The lowest BCUT2D eigenvalue weighted by Gasteiger charge is -2.47. The molecule has 1 aliphatic carbocycles. The molecule has 0 radical (unpaired) electrons. The zero-order chi connectivity index (χ0) is 29.1. The topological polar surface area (TPSA) is 114 Å². The molecule has 2 N–H and O–H groups in total. The molecule has 1 aliphatic heterocycles. The monoisotopic (exact) mass is 549 g/mol. The molecule has 2 aromatic carbocycles. The number of nitrogens with zero attached hydrogens (tertiary/aromatic N) is 1. The number of likely N-dealkylation sites (tertiary alicyclic amines) is 1. The predicted molar refractivity (Wildman–Crippen MR) is 152 cm³/mol. The van der Waals surface area contributed by atoms with Gasteiger partial charge in [0.05, 0.1) is 30.0 Å². The van der Waals surface area contributed by atoms with Crippen LogP contribution in [0.2, 0.25) is 0 Å². The van der Waals surface area contributed by atoms with Gasteiger partial charge in [-0.25, -0.2) is 0 Å². The normalized spacial score (nSPS) is 21.2. The van der Waals surface area contributed by atoms with Crippen LogP contribution in [0.1, 0.15) is 70.7 Å². The lowest BCUT2D eigenvalue weighted by Crippen LogP contribution is -2.59. The number of amides is 4. The minimum Gasteiger partial charge on any atom is -0.492 e. The van der Waals surface area contributed by atoms with Crippen LogP contribution in [0, 0.1) is 16.7 Å². The van der Waals surface area contributed by atoms with Gasteiger partial charge in [0.2, 0.25) is 17.7 Å². The van der Waals surface area contributed by atoms with Crippen LogP contribution in [0.15, 0.2) is 42.5 Å². The van der Waals surface area contributed by atoms with Gasteiger partial charge >= 0.3 is 0 Å². The van der Waals surface area contributed by atoms with Gasteiger partial charge in [-0.15, -0.1) is 0 Å². The zero-order valence-corrected chi connectivity index (χ0v) is 24.0. The van der Waals surface area contributed by atoms with Crippen molar-refractivity contribution < 1.29 is 28.7 Å². The van der Waals surface area contributed by atoms with Gasteiger partial charge in [-0.3, -0.25) is 24.1 Å².